The molecule has 45 heavy (non-hydrogen) atoms. The molecule has 242 valence electrons. The number of hydrogen-bond acceptors (Lipinski definition) is 7. The zero-order valence-corrected chi connectivity index (χ0v) is 27.5. The summed E-state index contributed by atoms with van der Waals surface area (Å²) in [6.07, 6.45) is 6.09. The average Bonchev–Trinajstić information content (AvgIpc) is 3.14. The van der Waals surface area contributed by atoms with Crippen molar-refractivity contribution >= 4 is 33.2 Å². The molecule has 0 saturated heterocycles. The second-order valence-corrected chi connectivity index (χ2v) is 16.2. The van der Waals surface area contributed by atoms with Gasteiger partial charge < -0.3 is 14.7 Å². The molecule has 2 aliphatic carbocycles. The van der Waals surface area contributed by atoms with Crippen LogP contribution in [-0.4, -0.2) is 56.5 Å². The predicted octanol–water partition coefficient (Wildman–Crippen LogP) is 6.15. The van der Waals surface area contributed by atoms with Crippen LogP contribution in [-0.2, 0) is 21.9 Å². The monoisotopic (exact) mass is 655 g/mol. The zero-order valence-electron chi connectivity index (χ0n) is 25.9. The quantitative estimate of drug-likeness (QED) is 0.226. The van der Waals surface area contributed by atoms with Crippen LogP contribution >= 0.6 is 11.6 Å². The molecule has 2 heterocycles. The average molecular weight is 656 g/mol. The van der Waals surface area contributed by atoms with Crippen molar-refractivity contribution in [1.29, 1.82) is 0 Å². The van der Waals surface area contributed by atoms with Gasteiger partial charge in [-0.2, -0.15) is 0 Å². The number of azide groups is 1. The maximum absolute atomic E-state index is 13.4. The molecule has 2 aliphatic heterocycles. The Bertz CT molecular complexity index is 1630. The number of aryl methyl sites for hydroxylation is 1. The van der Waals surface area contributed by atoms with Crippen LogP contribution < -0.4 is 14.4 Å². The van der Waals surface area contributed by atoms with Gasteiger partial charge in [-0.25, -0.2) is 13.1 Å². The number of amides is 1. The first-order valence-electron chi connectivity index (χ1n) is 16.0. The third-order valence-corrected chi connectivity index (χ3v) is 13.2. The molecule has 0 aromatic heterocycles. The number of rotatable bonds is 2. The van der Waals surface area contributed by atoms with E-state index in [1.54, 1.807) is 25.1 Å². The minimum Gasteiger partial charge on any atom is -0.490 e. The van der Waals surface area contributed by atoms with E-state index in [0.29, 0.717) is 49.7 Å². The van der Waals surface area contributed by atoms with Crippen LogP contribution in [0.15, 0.2) is 41.5 Å². The Hall–Kier alpha value is -2.98. The van der Waals surface area contributed by atoms with Crippen LogP contribution in [0.1, 0.15) is 80.3 Å². The van der Waals surface area contributed by atoms with E-state index in [1.807, 2.05) is 19.1 Å². The Morgan fingerprint density at radius 2 is 1.98 bits per heavy atom. The number of hydrogen-bond donors (Lipinski definition) is 2. The number of nitrogens with zero attached hydrogens (tertiary/aromatic N) is 4. The van der Waals surface area contributed by atoms with Gasteiger partial charge in [0, 0.05) is 34.0 Å². The van der Waals surface area contributed by atoms with Gasteiger partial charge in [0.2, 0.25) is 10.0 Å². The molecular weight excluding hydrogens is 614 g/mol. The normalized spacial score (nSPS) is 32.9. The summed E-state index contributed by atoms with van der Waals surface area (Å²) >= 11 is 6.40. The minimum atomic E-state index is -3.97. The first-order valence-corrected chi connectivity index (χ1v) is 18.0. The first-order chi connectivity index (χ1) is 21.4. The summed E-state index contributed by atoms with van der Waals surface area (Å²) in [5.41, 5.74) is 11.1. The van der Waals surface area contributed by atoms with Crippen LogP contribution in [0.25, 0.3) is 10.4 Å². The van der Waals surface area contributed by atoms with E-state index in [2.05, 4.69) is 25.7 Å². The largest absolute Gasteiger partial charge is 0.490 e. The molecule has 6 rings (SSSR count). The lowest BCUT2D eigenvalue weighted by Crippen LogP contribution is -2.54. The third-order valence-electron chi connectivity index (χ3n) is 11.1. The van der Waals surface area contributed by atoms with Crippen molar-refractivity contribution in [1.82, 2.24) is 4.72 Å². The van der Waals surface area contributed by atoms with Crippen LogP contribution in [0.5, 0.6) is 5.75 Å². The zero-order chi connectivity index (χ0) is 32.0. The van der Waals surface area contributed by atoms with Crippen molar-refractivity contribution in [3.63, 3.8) is 0 Å². The highest BCUT2D eigenvalue weighted by atomic mass is 35.5. The van der Waals surface area contributed by atoms with E-state index in [4.69, 9.17) is 21.9 Å². The summed E-state index contributed by atoms with van der Waals surface area (Å²) < 4.78 is 35.5. The Morgan fingerprint density at radius 3 is 2.73 bits per heavy atom. The number of fused-ring (bicyclic) bond motifs is 4. The molecule has 10 nitrogen and oxygen atoms in total. The number of carbonyl (C=O) groups is 1. The van der Waals surface area contributed by atoms with Crippen molar-refractivity contribution in [2.24, 2.45) is 22.9 Å². The number of halogens is 1. The van der Waals surface area contributed by atoms with Gasteiger partial charge in [-0.15, -0.1) is 0 Å². The van der Waals surface area contributed by atoms with Crippen LogP contribution in [0.2, 0.25) is 5.02 Å². The maximum atomic E-state index is 13.4. The van der Waals surface area contributed by atoms with Gasteiger partial charge in [0.05, 0.1) is 29.7 Å². The summed E-state index contributed by atoms with van der Waals surface area (Å²) in [6, 6.07) is 11.2. The van der Waals surface area contributed by atoms with Gasteiger partial charge >= 0.3 is 0 Å². The molecule has 0 unspecified atom stereocenters. The highest BCUT2D eigenvalue weighted by Gasteiger charge is 2.48. The molecule has 4 aliphatic rings. The van der Waals surface area contributed by atoms with Crippen LogP contribution in [0, 0.1) is 17.8 Å². The molecule has 12 heteroatoms. The van der Waals surface area contributed by atoms with Gasteiger partial charge in [-0.3, -0.25) is 4.79 Å². The Kier molecular flexibility index (Phi) is 8.76. The van der Waals surface area contributed by atoms with Gasteiger partial charge in [-0.1, -0.05) is 36.1 Å². The summed E-state index contributed by atoms with van der Waals surface area (Å²) in [6.45, 7) is 5.13. The number of anilines is 1. The number of ether oxygens (including phenoxy) is 1. The standard InChI is InChI=1S/C33H42ClN5O5S/c1-21-5-3-14-33(41,18-36-38-35)28-10-7-25(28)17-39-19-32(13-4-6-23-15-26(34)9-11-27(23)32)20-44-30-12-8-24(16-29(30)39)31(40)37-45(42,43)22(21)2/h8-9,11-12,15-16,21-22,25,28,41H,3-7,10,13-14,17-20H2,1-2H3,(H,37,40)/t21-,22+,25-,28+,32-,33-/m0/s1. The van der Waals surface area contributed by atoms with Crippen molar-refractivity contribution in [2.75, 3.05) is 31.1 Å². The molecule has 1 fully saturated rings. The first kappa shape index (κ1) is 32.0. The van der Waals surface area contributed by atoms with Gasteiger partial charge in [-0.05, 0) is 117 Å². The Labute approximate surface area is 270 Å². The summed E-state index contributed by atoms with van der Waals surface area (Å²) in [7, 11) is -3.97. The highest BCUT2D eigenvalue weighted by molar-refractivity contribution is 7.90. The van der Waals surface area contributed by atoms with Crippen molar-refractivity contribution in [3.05, 3.63) is 68.6 Å². The van der Waals surface area contributed by atoms with E-state index in [1.165, 1.54) is 11.1 Å². The van der Waals surface area contributed by atoms with E-state index in [-0.39, 0.29) is 35.3 Å². The van der Waals surface area contributed by atoms with E-state index in [9.17, 15) is 18.3 Å². The smallest absolute Gasteiger partial charge is 0.264 e. The van der Waals surface area contributed by atoms with Crippen molar-refractivity contribution in [2.45, 2.75) is 81.5 Å². The molecule has 2 bridgehead atoms. The minimum absolute atomic E-state index is 0.0229. The number of aliphatic hydroxyl groups is 1. The number of benzene rings is 2. The lowest BCUT2D eigenvalue weighted by molar-refractivity contribution is -0.0813. The summed E-state index contributed by atoms with van der Waals surface area (Å²) in [4.78, 5) is 18.7. The fraction of sp³-hybridized carbons (Fsp3) is 0.606. The van der Waals surface area contributed by atoms with E-state index < -0.39 is 26.8 Å². The molecule has 2 aromatic carbocycles. The Morgan fingerprint density at radius 1 is 1.16 bits per heavy atom. The van der Waals surface area contributed by atoms with Gasteiger partial charge in [0.1, 0.15) is 5.75 Å². The summed E-state index contributed by atoms with van der Waals surface area (Å²) in [5, 5.41) is 15.7. The van der Waals surface area contributed by atoms with Gasteiger partial charge in [0.25, 0.3) is 5.91 Å². The lowest BCUT2D eigenvalue weighted by Gasteiger charge is -2.50. The molecule has 1 amide bonds. The molecule has 2 aromatic rings. The third kappa shape index (κ3) is 6.12. The number of nitrogens with one attached hydrogen (secondary N) is 1. The van der Waals surface area contributed by atoms with Gasteiger partial charge in [0.15, 0.2) is 0 Å². The fourth-order valence-corrected chi connectivity index (χ4v) is 9.63. The lowest BCUT2D eigenvalue weighted by atomic mass is 9.62. The molecule has 0 radical (unpaired) electrons. The molecular formula is C33H42ClN5O5S. The Balaban J connectivity index is 1.44. The second kappa shape index (κ2) is 12.3. The van der Waals surface area contributed by atoms with E-state index in [0.717, 1.165) is 37.8 Å². The predicted molar refractivity (Wildman–Crippen MR) is 174 cm³/mol. The summed E-state index contributed by atoms with van der Waals surface area (Å²) in [5.74, 6) is -0.242. The second-order valence-electron chi connectivity index (χ2n) is 13.8. The number of sulfonamides is 1. The molecule has 1 saturated carbocycles. The molecule has 2 N–H and O–H groups in total. The van der Waals surface area contributed by atoms with Crippen LogP contribution in [0.3, 0.4) is 0 Å². The number of carbonyl (C=O) groups excluding carboxylic acids is 1. The molecule has 1 spiro atoms. The SMILES string of the molecule is C[C@@H]1[C@@H](C)CCC[C@](O)(CN=[N+]=[N-])[C@@H]2CC[C@H]2CN2C[C@@]3(CCCc4cc(Cl)ccc43)COc3ccc(cc32)C(=O)NS1(=O)=O. The topological polar surface area (TPSA) is 145 Å². The van der Waals surface area contributed by atoms with E-state index >= 15 is 0 Å². The van der Waals surface area contributed by atoms with Crippen LogP contribution in [0.4, 0.5) is 5.69 Å². The fourth-order valence-electron chi connectivity index (χ4n) is 8.12. The van der Waals surface area contributed by atoms with Crippen molar-refractivity contribution < 1.29 is 23.1 Å². The highest BCUT2D eigenvalue weighted by Crippen LogP contribution is 2.49. The molecule has 6 atom stereocenters. The maximum Gasteiger partial charge on any atom is 0.264 e. The van der Waals surface area contributed by atoms with Crippen molar-refractivity contribution in [3.8, 4) is 5.75 Å².